The topological polar surface area (TPSA) is 94.5 Å². The molecule has 5 atom stereocenters. The molecule has 0 bridgehead atoms. The van der Waals surface area contributed by atoms with E-state index < -0.39 is 21.9 Å². The lowest BCUT2D eigenvalue weighted by molar-refractivity contribution is 0.0871. The third kappa shape index (κ3) is 19.1. The quantitative estimate of drug-likeness (QED) is 0.0381. The van der Waals surface area contributed by atoms with Crippen LogP contribution < -0.4 is 0 Å². The molecule has 0 fully saturated rings. The summed E-state index contributed by atoms with van der Waals surface area (Å²) in [6, 6.07) is 1.68. The zero-order valence-electron chi connectivity index (χ0n) is 24.7. The molecule has 0 aliphatic carbocycles. The largest absolute Gasteiger partial charge is 0.396 e. The first-order valence-corrected chi connectivity index (χ1v) is 26.0. The van der Waals surface area contributed by atoms with Gasteiger partial charge < -0.3 is 27.9 Å². The number of hydrogen-bond donors (Lipinski definition) is 3. The second-order valence-corrected chi connectivity index (χ2v) is 29.6. The molecule has 0 rings (SSSR count). The minimum Gasteiger partial charge on any atom is -0.396 e. The van der Waals surface area contributed by atoms with Crippen LogP contribution in [0.25, 0.3) is 0 Å². The SMILES string of the molecule is CCSP(=O)(SCC)SCCC[Si](C)(OCC(C)CO)OCC(C)CO[Si](C)(CCCS)OCC(C)CO. The van der Waals surface area contributed by atoms with Crippen LogP contribution in [0.3, 0.4) is 0 Å². The molecule has 5 unspecified atom stereocenters. The summed E-state index contributed by atoms with van der Waals surface area (Å²) in [6.07, 6.45) is 1.82. The third-order valence-corrected chi connectivity index (χ3v) is 24.2. The van der Waals surface area contributed by atoms with Crippen LogP contribution >= 0.6 is 51.5 Å². The molecule has 0 aliphatic heterocycles. The Morgan fingerprint density at radius 3 is 1.50 bits per heavy atom. The van der Waals surface area contributed by atoms with Crippen molar-refractivity contribution >= 4 is 68.6 Å². The summed E-state index contributed by atoms with van der Waals surface area (Å²) in [5, 5.41) is 18.8. The summed E-state index contributed by atoms with van der Waals surface area (Å²) >= 11 is 9.10. The molecule has 2 N–H and O–H groups in total. The van der Waals surface area contributed by atoms with Crippen LogP contribution in [0.4, 0.5) is 0 Å². The molecule has 0 aromatic heterocycles. The number of aliphatic hydroxyl groups excluding tert-OH is 2. The molecule has 0 aromatic rings. The van der Waals surface area contributed by atoms with Crippen molar-refractivity contribution in [3.8, 4) is 0 Å². The maximum absolute atomic E-state index is 13.1. The summed E-state index contributed by atoms with van der Waals surface area (Å²) in [7, 11) is -4.87. The van der Waals surface area contributed by atoms with E-state index in [-0.39, 0.29) is 31.0 Å². The number of rotatable bonds is 26. The van der Waals surface area contributed by atoms with Gasteiger partial charge in [0.25, 0.3) is 0 Å². The van der Waals surface area contributed by atoms with Crippen molar-refractivity contribution in [1.82, 2.24) is 0 Å². The molecule has 0 heterocycles. The summed E-state index contributed by atoms with van der Waals surface area (Å²) in [5.74, 6) is 3.63. The van der Waals surface area contributed by atoms with Gasteiger partial charge in [-0.25, -0.2) is 0 Å². The van der Waals surface area contributed by atoms with Gasteiger partial charge in [-0.15, -0.1) is 0 Å². The molecule has 0 saturated carbocycles. The Kier molecular flexibility index (Phi) is 23.4. The van der Waals surface area contributed by atoms with Gasteiger partial charge >= 0.3 is 17.1 Å². The standard InChI is InChI=1S/C24H55O7PS4Si2/c1-8-34-32(27,35-9-2)36-13-11-15-38(7,29-19-23(4)17-26)31-21-24(5)20-30-37(6,14-10-12-33)28-18-22(3)16-25/h22-26,33H,8-21H2,1-7H3. The molecule has 14 heteroatoms. The molecule has 0 amide bonds. The Bertz CT molecular complexity index is 637. The second-order valence-electron chi connectivity index (χ2n) is 10.2. The Morgan fingerprint density at radius 1 is 0.737 bits per heavy atom. The molecular weight excluding hydrogens is 616 g/mol. The molecular formula is C24H55O7PS4Si2. The predicted molar refractivity (Wildman–Crippen MR) is 178 cm³/mol. The van der Waals surface area contributed by atoms with Crippen molar-refractivity contribution in [2.75, 3.05) is 62.7 Å². The first-order valence-electron chi connectivity index (χ1n) is 13.8. The van der Waals surface area contributed by atoms with Crippen molar-refractivity contribution in [3.05, 3.63) is 0 Å². The molecule has 0 aliphatic rings. The van der Waals surface area contributed by atoms with Gasteiger partial charge in [0.05, 0.1) is 0 Å². The van der Waals surface area contributed by atoms with Crippen molar-refractivity contribution < 1.29 is 32.5 Å². The Hall–Kier alpha value is 1.82. The minimum absolute atomic E-state index is 0.0553. The highest BCUT2D eigenvalue weighted by atomic mass is 33.4. The van der Waals surface area contributed by atoms with E-state index in [9.17, 15) is 14.8 Å². The van der Waals surface area contributed by atoms with Gasteiger partial charge in [-0.3, -0.25) is 4.57 Å². The van der Waals surface area contributed by atoms with E-state index in [2.05, 4.69) is 46.5 Å². The van der Waals surface area contributed by atoms with E-state index in [0.29, 0.717) is 26.4 Å². The number of aliphatic hydroxyl groups is 2. The molecule has 0 spiro atoms. The van der Waals surface area contributed by atoms with E-state index in [1.54, 1.807) is 34.1 Å². The number of hydrogen-bond acceptors (Lipinski definition) is 11. The fraction of sp³-hybridized carbons (Fsp3) is 1.00. The van der Waals surface area contributed by atoms with Crippen molar-refractivity contribution in [2.24, 2.45) is 17.8 Å². The molecule has 230 valence electrons. The zero-order chi connectivity index (χ0) is 29.1. The lowest BCUT2D eigenvalue weighted by Gasteiger charge is -2.32. The van der Waals surface area contributed by atoms with Crippen LogP contribution in [0.2, 0.25) is 25.2 Å². The Labute approximate surface area is 252 Å². The molecule has 7 nitrogen and oxygen atoms in total. The zero-order valence-corrected chi connectivity index (χ0v) is 30.9. The smallest absolute Gasteiger partial charge is 0.334 e. The molecule has 0 radical (unpaired) electrons. The lowest BCUT2D eigenvalue weighted by Crippen LogP contribution is -2.43. The van der Waals surface area contributed by atoms with E-state index in [4.69, 9.17) is 17.7 Å². The first kappa shape index (κ1) is 39.8. The van der Waals surface area contributed by atoms with Crippen LogP contribution in [-0.4, -0.2) is 90.0 Å². The van der Waals surface area contributed by atoms with Gasteiger partial charge in [-0.2, -0.15) is 12.6 Å². The average Bonchev–Trinajstić information content (AvgIpc) is 2.90. The van der Waals surface area contributed by atoms with E-state index in [0.717, 1.165) is 47.9 Å². The third-order valence-electron chi connectivity index (χ3n) is 5.70. The molecule has 0 saturated heterocycles. The second kappa shape index (κ2) is 22.4. The highest BCUT2D eigenvalue weighted by Gasteiger charge is 2.35. The van der Waals surface area contributed by atoms with Crippen molar-refractivity contribution in [3.63, 3.8) is 0 Å². The van der Waals surface area contributed by atoms with Crippen molar-refractivity contribution in [1.29, 1.82) is 0 Å². The summed E-state index contributed by atoms with van der Waals surface area (Å²) < 4.78 is 36.1. The highest BCUT2D eigenvalue weighted by molar-refractivity contribution is 9.14. The fourth-order valence-corrected chi connectivity index (χ4v) is 21.0. The van der Waals surface area contributed by atoms with Crippen LogP contribution in [0.15, 0.2) is 0 Å². The molecule has 0 aromatic carbocycles. The van der Waals surface area contributed by atoms with Crippen LogP contribution in [0.5, 0.6) is 0 Å². The van der Waals surface area contributed by atoms with Gasteiger partial charge in [0.1, 0.15) is 0 Å². The highest BCUT2D eigenvalue weighted by Crippen LogP contribution is 2.77. The summed E-state index contributed by atoms with van der Waals surface area (Å²) in [4.78, 5) is 0. The van der Waals surface area contributed by atoms with Crippen LogP contribution in [-0.2, 0) is 22.3 Å². The first-order chi connectivity index (χ1) is 17.9. The van der Waals surface area contributed by atoms with Gasteiger partial charge in [0.2, 0.25) is 4.75 Å². The van der Waals surface area contributed by atoms with Crippen LogP contribution in [0, 0.1) is 17.8 Å². The van der Waals surface area contributed by atoms with Crippen LogP contribution in [0.1, 0.15) is 47.5 Å². The average molecular weight is 671 g/mol. The predicted octanol–water partition coefficient (Wildman–Crippen LogP) is 7.15. The van der Waals surface area contributed by atoms with Gasteiger partial charge in [0, 0.05) is 63.1 Å². The Balaban J connectivity index is 4.99. The van der Waals surface area contributed by atoms with Gasteiger partial charge in [0.15, 0.2) is 0 Å². The maximum Gasteiger partial charge on any atom is 0.334 e. The lowest BCUT2D eigenvalue weighted by atomic mass is 10.2. The fourth-order valence-electron chi connectivity index (χ4n) is 3.20. The van der Waals surface area contributed by atoms with Gasteiger partial charge in [-0.05, 0) is 55.3 Å². The summed E-state index contributed by atoms with van der Waals surface area (Å²) in [5.41, 5.74) is 0. The van der Waals surface area contributed by atoms with Gasteiger partial charge in [-0.1, -0.05) is 68.8 Å². The monoisotopic (exact) mass is 670 g/mol. The Morgan fingerprint density at radius 2 is 1.13 bits per heavy atom. The van der Waals surface area contributed by atoms with E-state index in [1.165, 1.54) is 0 Å². The molecule has 38 heavy (non-hydrogen) atoms. The summed E-state index contributed by atoms with van der Waals surface area (Å²) in [6.45, 7) is 16.6. The van der Waals surface area contributed by atoms with E-state index in [1.807, 2.05) is 13.8 Å². The number of thiol groups is 1. The van der Waals surface area contributed by atoms with E-state index >= 15 is 0 Å². The normalized spacial score (nSPS) is 18.1. The van der Waals surface area contributed by atoms with Crippen molar-refractivity contribution in [2.45, 2.75) is 72.6 Å². The minimum atomic E-state index is -2.50. The maximum atomic E-state index is 13.1.